The van der Waals surface area contributed by atoms with Crippen molar-refractivity contribution in [2.45, 2.75) is 32.1 Å². The minimum atomic E-state index is -0.661. The predicted molar refractivity (Wildman–Crippen MR) is 117 cm³/mol. The van der Waals surface area contributed by atoms with E-state index < -0.39 is 5.41 Å². The van der Waals surface area contributed by atoms with Crippen LogP contribution in [0.1, 0.15) is 30.8 Å². The van der Waals surface area contributed by atoms with Crippen molar-refractivity contribution < 1.29 is 14.3 Å². The number of pyridine rings is 1. The van der Waals surface area contributed by atoms with Crippen LogP contribution in [-0.2, 0) is 16.6 Å². The summed E-state index contributed by atoms with van der Waals surface area (Å²) in [6.45, 7) is 5.55. The fourth-order valence-corrected chi connectivity index (χ4v) is 4.16. The Kier molecular flexibility index (Phi) is 5.99. The first kappa shape index (κ1) is 20.3. The first-order valence-electron chi connectivity index (χ1n) is 10.1. The molecule has 0 unspecified atom stereocenters. The number of amides is 1. The number of hydrogen-bond donors (Lipinski definition) is 1. The Labute approximate surface area is 180 Å². The maximum Gasteiger partial charge on any atom is 0.230 e. The van der Waals surface area contributed by atoms with Gasteiger partial charge >= 0.3 is 0 Å². The van der Waals surface area contributed by atoms with E-state index in [1.165, 1.54) is 0 Å². The first-order chi connectivity index (χ1) is 14.5. The van der Waals surface area contributed by atoms with Crippen LogP contribution < -0.4 is 14.8 Å². The summed E-state index contributed by atoms with van der Waals surface area (Å²) < 4.78 is 11.2. The largest absolute Gasteiger partial charge is 0.486 e. The number of thiazole rings is 1. The molecular weight excluding hydrogens is 398 g/mol. The van der Waals surface area contributed by atoms with Gasteiger partial charge in [0.05, 0.1) is 16.1 Å². The van der Waals surface area contributed by atoms with E-state index in [1.54, 1.807) is 23.7 Å². The number of aromatic nitrogens is 2. The third kappa shape index (κ3) is 4.46. The number of nitrogens with zero attached hydrogens (tertiary/aromatic N) is 2. The smallest absolute Gasteiger partial charge is 0.230 e. The number of fused-ring (bicyclic) bond motifs is 1. The highest BCUT2D eigenvalue weighted by atomic mass is 32.1. The molecule has 7 heteroatoms. The third-order valence-corrected chi connectivity index (χ3v) is 6.12. The van der Waals surface area contributed by atoms with E-state index in [4.69, 9.17) is 9.47 Å². The van der Waals surface area contributed by atoms with Crippen molar-refractivity contribution in [1.29, 1.82) is 0 Å². The van der Waals surface area contributed by atoms with E-state index in [9.17, 15) is 4.79 Å². The zero-order valence-electron chi connectivity index (χ0n) is 17.2. The first-order valence-corrected chi connectivity index (χ1v) is 11.0. The monoisotopic (exact) mass is 423 g/mol. The molecule has 0 atom stereocenters. The minimum Gasteiger partial charge on any atom is -0.486 e. The highest BCUT2D eigenvalue weighted by Crippen LogP contribution is 2.35. The average molecular weight is 424 g/mol. The van der Waals surface area contributed by atoms with Crippen LogP contribution in [-0.4, -0.2) is 35.6 Å². The molecule has 0 fully saturated rings. The zero-order valence-corrected chi connectivity index (χ0v) is 18.0. The van der Waals surface area contributed by atoms with Crippen LogP contribution >= 0.6 is 11.3 Å². The Hall–Kier alpha value is -2.93. The normalized spacial score (nSPS) is 13.1. The lowest BCUT2D eigenvalue weighted by Gasteiger charge is -2.26. The van der Waals surface area contributed by atoms with Crippen LogP contribution in [0.3, 0.4) is 0 Å². The molecule has 0 saturated carbocycles. The van der Waals surface area contributed by atoms with Gasteiger partial charge in [-0.05, 0) is 50.1 Å². The fraction of sp³-hybridized carbons (Fsp3) is 0.348. The van der Waals surface area contributed by atoms with Gasteiger partial charge in [-0.15, -0.1) is 11.3 Å². The number of aryl methyl sites for hydroxylation is 1. The van der Waals surface area contributed by atoms with E-state index in [2.05, 4.69) is 20.7 Å². The number of hydrogen-bond acceptors (Lipinski definition) is 6. The van der Waals surface area contributed by atoms with E-state index in [0.29, 0.717) is 25.5 Å². The van der Waals surface area contributed by atoms with Gasteiger partial charge in [-0.2, -0.15) is 0 Å². The quantitative estimate of drug-likeness (QED) is 0.582. The molecule has 1 aliphatic heterocycles. The number of ether oxygens (including phenoxy) is 2. The van der Waals surface area contributed by atoms with Crippen molar-refractivity contribution in [3.8, 4) is 22.8 Å². The van der Waals surface area contributed by atoms with Crippen LogP contribution in [0.4, 0.5) is 0 Å². The summed E-state index contributed by atoms with van der Waals surface area (Å²) in [5.74, 6) is 1.43. The number of benzene rings is 1. The molecule has 6 nitrogen and oxygen atoms in total. The molecule has 30 heavy (non-hydrogen) atoms. The van der Waals surface area contributed by atoms with E-state index in [-0.39, 0.29) is 5.91 Å². The molecule has 0 bridgehead atoms. The molecule has 4 rings (SSSR count). The van der Waals surface area contributed by atoms with Crippen molar-refractivity contribution in [2.75, 3.05) is 19.8 Å². The highest BCUT2D eigenvalue weighted by Gasteiger charge is 2.30. The van der Waals surface area contributed by atoms with Crippen molar-refractivity contribution in [3.05, 3.63) is 58.7 Å². The maximum absolute atomic E-state index is 12.8. The summed E-state index contributed by atoms with van der Waals surface area (Å²) in [5, 5.41) is 6.20. The third-order valence-electron chi connectivity index (χ3n) is 5.21. The number of nitrogens with one attached hydrogen (secondary N) is 1. The van der Waals surface area contributed by atoms with Crippen molar-refractivity contribution in [3.63, 3.8) is 0 Å². The Morgan fingerprint density at radius 3 is 2.70 bits per heavy atom. The van der Waals surface area contributed by atoms with Crippen molar-refractivity contribution in [2.24, 2.45) is 0 Å². The van der Waals surface area contributed by atoms with Gasteiger partial charge in [0, 0.05) is 36.3 Å². The molecule has 2 aromatic heterocycles. The number of carbonyl (C=O) groups is 1. The van der Waals surface area contributed by atoms with Crippen LogP contribution in [0.25, 0.3) is 11.3 Å². The molecule has 1 amide bonds. The van der Waals surface area contributed by atoms with Crippen LogP contribution in [0.15, 0.2) is 48.1 Å². The topological polar surface area (TPSA) is 73.3 Å². The van der Waals surface area contributed by atoms with Gasteiger partial charge in [0.15, 0.2) is 11.5 Å². The van der Waals surface area contributed by atoms with E-state index in [1.807, 2.05) is 44.2 Å². The second-order valence-electron chi connectivity index (χ2n) is 7.71. The van der Waals surface area contributed by atoms with Crippen LogP contribution in [0.2, 0.25) is 0 Å². The lowest BCUT2D eigenvalue weighted by molar-refractivity contribution is -0.125. The second-order valence-corrected chi connectivity index (χ2v) is 8.65. The van der Waals surface area contributed by atoms with Gasteiger partial charge in [-0.3, -0.25) is 9.78 Å². The molecule has 1 aliphatic rings. The number of carbonyl (C=O) groups excluding carboxylic acids is 1. The summed E-state index contributed by atoms with van der Waals surface area (Å²) in [6, 6.07) is 9.63. The summed E-state index contributed by atoms with van der Waals surface area (Å²) in [7, 11) is 0. The van der Waals surface area contributed by atoms with Gasteiger partial charge in [0.2, 0.25) is 5.91 Å². The lowest BCUT2D eigenvalue weighted by Crippen LogP contribution is -2.40. The van der Waals surface area contributed by atoms with Crippen LogP contribution in [0, 0.1) is 0 Å². The van der Waals surface area contributed by atoms with Gasteiger partial charge < -0.3 is 14.8 Å². The predicted octanol–water partition coefficient (Wildman–Crippen LogP) is 4.00. The fourth-order valence-electron chi connectivity index (χ4n) is 3.31. The molecular formula is C23H25N3O3S. The van der Waals surface area contributed by atoms with Gasteiger partial charge in [0.1, 0.15) is 13.2 Å². The molecule has 0 radical (unpaired) electrons. The van der Waals surface area contributed by atoms with Gasteiger partial charge in [0.25, 0.3) is 0 Å². The summed E-state index contributed by atoms with van der Waals surface area (Å²) in [6.07, 6.45) is 5.22. The summed E-state index contributed by atoms with van der Waals surface area (Å²) >= 11 is 1.65. The van der Waals surface area contributed by atoms with E-state index in [0.717, 1.165) is 40.4 Å². The highest BCUT2D eigenvalue weighted by molar-refractivity contribution is 7.09. The lowest BCUT2D eigenvalue weighted by atomic mass is 9.83. The molecule has 1 N–H and O–H groups in total. The Bertz CT molecular complexity index is 1020. The van der Waals surface area contributed by atoms with Crippen LogP contribution in [0.5, 0.6) is 11.5 Å². The molecule has 0 saturated heterocycles. The average Bonchev–Trinajstić information content (AvgIpc) is 3.26. The van der Waals surface area contributed by atoms with E-state index >= 15 is 0 Å². The Morgan fingerprint density at radius 2 is 1.90 bits per heavy atom. The standard InChI is InChI=1S/C23H25N3O3S/c1-23(2,17-5-6-19-20(14-17)29-13-12-28-19)22(27)25-9-3-4-21-26-18(15-30-21)16-7-10-24-11-8-16/h5-8,10-11,14-15H,3-4,9,12-13H2,1-2H3,(H,25,27). The number of rotatable bonds is 7. The maximum atomic E-state index is 12.8. The molecule has 0 spiro atoms. The van der Waals surface area contributed by atoms with Gasteiger partial charge in [-0.25, -0.2) is 4.98 Å². The van der Waals surface area contributed by atoms with Crippen molar-refractivity contribution >= 4 is 17.2 Å². The summed E-state index contributed by atoms with van der Waals surface area (Å²) in [5.41, 5.74) is 2.29. The molecule has 0 aliphatic carbocycles. The Balaban J connectivity index is 1.30. The Morgan fingerprint density at radius 1 is 1.13 bits per heavy atom. The SMILES string of the molecule is CC(C)(C(=O)NCCCc1nc(-c2ccncc2)cs1)c1ccc2c(c1)OCCO2. The minimum absolute atomic E-state index is 0.00390. The molecule has 3 heterocycles. The van der Waals surface area contributed by atoms with Crippen molar-refractivity contribution in [1.82, 2.24) is 15.3 Å². The summed E-state index contributed by atoms with van der Waals surface area (Å²) in [4.78, 5) is 21.6. The molecule has 3 aromatic rings. The second kappa shape index (κ2) is 8.83. The molecule has 156 valence electrons. The zero-order chi connectivity index (χ0) is 21.0. The molecule has 1 aromatic carbocycles. The van der Waals surface area contributed by atoms with Gasteiger partial charge in [-0.1, -0.05) is 6.07 Å².